The SMILES string of the molecule is COC(=O)C(C)(C)[C@H](N)c1ccc(Cl)cc1.Cl. The second-order valence-corrected chi connectivity index (χ2v) is 4.68. The van der Waals surface area contributed by atoms with Crippen LogP contribution >= 0.6 is 24.0 Å². The van der Waals surface area contributed by atoms with Crippen molar-refractivity contribution >= 4 is 30.0 Å². The van der Waals surface area contributed by atoms with Gasteiger partial charge in [0.15, 0.2) is 0 Å². The van der Waals surface area contributed by atoms with Crippen molar-refractivity contribution in [3.63, 3.8) is 0 Å². The lowest BCUT2D eigenvalue weighted by Crippen LogP contribution is -2.37. The Morgan fingerprint density at radius 1 is 1.35 bits per heavy atom. The zero-order valence-corrected chi connectivity index (χ0v) is 11.6. The fourth-order valence-corrected chi connectivity index (χ4v) is 1.60. The fraction of sp³-hybridized carbons (Fsp3) is 0.417. The van der Waals surface area contributed by atoms with Crippen LogP contribution in [-0.2, 0) is 9.53 Å². The third-order valence-electron chi connectivity index (χ3n) is 2.72. The number of carbonyl (C=O) groups excluding carboxylic acids is 1. The first kappa shape index (κ1) is 16.2. The molecule has 17 heavy (non-hydrogen) atoms. The van der Waals surface area contributed by atoms with E-state index in [1.165, 1.54) is 7.11 Å². The Kier molecular flexibility index (Phi) is 5.96. The number of carbonyl (C=O) groups is 1. The third-order valence-corrected chi connectivity index (χ3v) is 2.97. The van der Waals surface area contributed by atoms with E-state index in [2.05, 4.69) is 0 Å². The number of benzene rings is 1. The molecule has 0 heterocycles. The number of hydrogen-bond acceptors (Lipinski definition) is 3. The Bertz CT molecular complexity index is 377. The Hall–Kier alpha value is -0.770. The van der Waals surface area contributed by atoms with Crippen molar-refractivity contribution in [1.29, 1.82) is 0 Å². The van der Waals surface area contributed by atoms with Gasteiger partial charge in [-0.25, -0.2) is 0 Å². The summed E-state index contributed by atoms with van der Waals surface area (Å²) >= 11 is 5.79. The first-order chi connectivity index (χ1) is 7.39. The van der Waals surface area contributed by atoms with Gasteiger partial charge in [0.2, 0.25) is 0 Å². The molecule has 0 unspecified atom stereocenters. The first-order valence-corrected chi connectivity index (χ1v) is 5.37. The van der Waals surface area contributed by atoms with Crippen molar-refractivity contribution in [2.45, 2.75) is 19.9 Å². The number of esters is 1. The minimum atomic E-state index is -0.761. The molecule has 0 fully saturated rings. The van der Waals surface area contributed by atoms with Crippen LogP contribution in [0.1, 0.15) is 25.5 Å². The van der Waals surface area contributed by atoms with E-state index < -0.39 is 11.5 Å². The summed E-state index contributed by atoms with van der Waals surface area (Å²) in [4.78, 5) is 11.6. The molecule has 0 amide bonds. The van der Waals surface area contributed by atoms with Gasteiger partial charge in [-0.05, 0) is 31.5 Å². The van der Waals surface area contributed by atoms with Gasteiger partial charge in [-0.1, -0.05) is 23.7 Å². The standard InChI is InChI=1S/C12H16ClNO2.ClH/c1-12(2,11(15)16-3)10(14)8-4-6-9(13)7-5-8;/h4-7,10H,14H2,1-3H3;1H/t10-;/m1./s1. The van der Waals surface area contributed by atoms with Crippen molar-refractivity contribution in [2.24, 2.45) is 11.1 Å². The zero-order valence-electron chi connectivity index (χ0n) is 10.1. The molecule has 1 atom stereocenters. The molecule has 0 radical (unpaired) electrons. The molecule has 2 N–H and O–H groups in total. The van der Waals surface area contributed by atoms with Crippen LogP contribution in [0, 0.1) is 5.41 Å². The number of rotatable bonds is 3. The highest BCUT2D eigenvalue weighted by Gasteiger charge is 2.36. The molecule has 0 bridgehead atoms. The Balaban J connectivity index is 0.00000256. The predicted molar refractivity (Wildman–Crippen MR) is 71.4 cm³/mol. The second kappa shape index (κ2) is 6.24. The first-order valence-electron chi connectivity index (χ1n) is 4.99. The maximum atomic E-state index is 11.6. The van der Waals surface area contributed by atoms with Gasteiger partial charge < -0.3 is 10.5 Å². The van der Waals surface area contributed by atoms with Crippen molar-refractivity contribution in [3.05, 3.63) is 34.9 Å². The van der Waals surface area contributed by atoms with Gasteiger partial charge in [0.1, 0.15) is 0 Å². The topological polar surface area (TPSA) is 52.3 Å². The maximum Gasteiger partial charge on any atom is 0.313 e. The van der Waals surface area contributed by atoms with Gasteiger partial charge in [0.05, 0.1) is 12.5 Å². The van der Waals surface area contributed by atoms with E-state index in [9.17, 15) is 4.79 Å². The maximum absolute atomic E-state index is 11.6. The van der Waals surface area contributed by atoms with E-state index in [1.807, 2.05) is 12.1 Å². The van der Waals surface area contributed by atoms with Crippen LogP contribution in [0.2, 0.25) is 5.02 Å². The van der Waals surface area contributed by atoms with Gasteiger partial charge in [0, 0.05) is 11.1 Å². The summed E-state index contributed by atoms with van der Waals surface area (Å²) < 4.78 is 4.74. The third kappa shape index (κ3) is 3.60. The second-order valence-electron chi connectivity index (χ2n) is 4.24. The minimum absolute atomic E-state index is 0. The normalized spacial score (nSPS) is 12.5. The van der Waals surface area contributed by atoms with Gasteiger partial charge in [-0.2, -0.15) is 0 Å². The number of ether oxygens (including phenoxy) is 1. The molecule has 0 saturated heterocycles. The number of hydrogen-bond donors (Lipinski definition) is 1. The quantitative estimate of drug-likeness (QED) is 0.865. The molecule has 1 aromatic carbocycles. The van der Waals surface area contributed by atoms with E-state index in [-0.39, 0.29) is 18.4 Å². The summed E-state index contributed by atoms with van der Waals surface area (Å²) in [5.74, 6) is -0.324. The summed E-state index contributed by atoms with van der Waals surface area (Å²) in [6, 6.07) is 6.72. The monoisotopic (exact) mass is 277 g/mol. The molecule has 1 aromatic rings. The molecule has 0 aromatic heterocycles. The van der Waals surface area contributed by atoms with E-state index in [0.29, 0.717) is 5.02 Å². The summed E-state index contributed by atoms with van der Waals surface area (Å²) in [5, 5.41) is 0.645. The van der Waals surface area contributed by atoms with Crippen molar-refractivity contribution in [1.82, 2.24) is 0 Å². The van der Waals surface area contributed by atoms with Crippen molar-refractivity contribution < 1.29 is 9.53 Å². The summed E-state index contributed by atoms with van der Waals surface area (Å²) in [5.41, 5.74) is 6.16. The van der Waals surface area contributed by atoms with Crippen LogP contribution in [0.15, 0.2) is 24.3 Å². The summed E-state index contributed by atoms with van der Waals surface area (Å²) in [6.07, 6.45) is 0. The Labute approximate surface area is 113 Å². The smallest absolute Gasteiger partial charge is 0.313 e. The molecule has 0 saturated carbocycles. The number of methoxy groups -OCH3 is 1. The average molecular weight is 278 g/mol. The van der Waals surface area contributed by atoms with Gasteiger partial charge in [-0.15, -0.1) is 12.4 Å². The van der Waals surface area contributed by atoms with Crippen LogP contribution in [0.3, 0.4) is 0 Å². The molecule has 0 aliphatic heterocycles. The molecular formula is C12H17Cl2NO2. The number of halogens is 2. The van der Waals surface area contributed by atoms with Crippen LogP contribution in [0.4, 0.5) is 0 Å². The van der Waals surface area contributed by atoms with Gasteiger partial charge >= 0.3 is 5.97 Å². The molecule has 96 valence electrons. The lowest BCUT2D eigenvalue weighted by molar-refractivity contribution is -0.152. The van der Waals surface area contributed by atoms with Crippen LogP contribution in [-0.4, -0.2) is 13.1 Å². The van der Waals surface area contributed by atoms with Crippen molar-refractivity contribution in [3.8, 4) is 0 Å². The number of nitrogens with two attached hydrogens (primary N) is 1. The van der Waals surface area contributed by atoms with E-state index in [1.54, 1.807) is 26.0 Å². The lowest BCUT2D eigenvalue weighted by Gasteiger charge is -2.28. The van der Waals surface area contributed by atoms with Crippen molar-refractivity contribution in [2.75, 3.05) is 7.11 Å². The van der Waals surface area contributed by atoms with E-state index in [0.717, 1.165) is 5.56 Å². The molecule has 1 rings (SSSR count). The van der Waals surface area contributed by atoms with E-state index >= 15 is 0 Å². The average Bonchev–Trinajstić information content (AvgIpc) is 2.28. The lowest BCUT2D eigenvalue weighted by atomic mass is 9.81. The summed E-state index contributed by atoms with van der Waals surface area (Å²) in [6.45, 7) is 3.52. The minimum Gasteiger partial charge on any atom is -0.469 e. The molecule has 3 nitrogen and oxygen atoms in total. The Morgan fingerprint density at radius 2 is 1.82 bits per heavy atom. The molecule has 0 spiro atoms. The highest BCUT2D eigenvalue weighted by Crippen LogP contribution is 2.32. The molecular weight excluding hydrogens is 261 g/mol. The predicted octanol–water partition coefficient (Wildman–Crippen LogP) is 2.96. The molecule has 0 aliphatic carbocycles. The van der Waals surface area contributed by atoms with Gasteiger partial charge in [-0.3, -0.25) is 4.79 Å². The summed E-state index contributed by atoms with van der Waals surface area (Å²) in [7, 11) is 1.36. The van der Waals surface area contributed by atoms with Gasteiger partial charge in [0.25, 0.3) is 0 Å². The molecule has 5 heteroatoms. The van der Waals surface area contributed by atoms with Crippen LogP contribution in [0.25, 0.3) is 0 Å². The Morgan fingerprint density at radius 3 is 2.24 bits per heavy atom. The van der Waals surface area contributed by atoms with Crippen LogP contribution < -0.4 is 5.73 Å². The highest BCUT2D eigenvalue weighted by atomic mass is 35.5. The van der Waals surface area contributed by atoms with E-state index in [4.69, 9.17) is 22.1 Å². The largest absolute Gasteiger partial charge is 0.469 e. The zero-order chi connectivity index (χ0) is 12.3. The van der Waals surface area contributed by atoms with Crippen LogP contribution in [0.5, 0.6) is 0 Å². The fourth-order valence-electron chi connectivity index (χ4n) is 1.48. The highest BCUT2D eigenvalue weighted by molar-refractivity contribution is 6.30. The molecule has 0 aliphatic rings.